The lowest BCUT2D eigenvalue weighted by molar-refractivity contribution is -0.384. The van der Waals surface area contributed by atoms with Gasteiger partial charge in [0.1, 0.15) is 0 Å². The third kappa shape index (κ3) is 1.98. The number of aromatic carboxylic acids is 1. The molecule has 1 N–H and O–H groups in total. The van der Waals surface area contributed by atoms with E-state index in [1.54, 1.807) is 12.3 Å². The molecule has 1 aromatic carbocycles. The number of carbonyl (C=O) groups is 1. The van der Waals surface area contributed by atoms with Gasteiger partial charge < -0.3 is 5.11 Å². The molecular formula is C10H7N3O4. The highest BCUT2D eigenvalue weighted by Gasteiger charge is 2.17. The van der Waals surface area contributed by atoms with Crippen LogP contribution in [0, 0.1) is 10.1 Å². The van der Waals surface area contributed by atoms with Crippen molar-refractivity contribution >= 4 is 11.7 Å². The topological polar surface area (TPSA) is 98.3 Å². The maximum absolute atomic E-state index is 11.0. The number of carboxylic acids is 1. The van der Waals surface area contributed by atoms with Crippen LogP contribution in [-0.2, 0) is 0 Å². The van der Waals surface area contributed by atoms with Crippen LogP contribution in [0.1, 0.15) is 10.4 Å². The smallest absolute Gasteiger partial charge is 0.338 e. The van der Waals surface area contributed by atoms with Crippen LogP contribution in [0.15, 0.2) is 36.7 Å². The molecule has 0 saturated carbocycles. The van der Waals surface area contributed by atoms with Crippen LogP contribution in [-0.4, -0.2) is 25.8 Å². The van der Waals surface area contributed by atoms with Crippen LogP contribution in [0.2, 0.25) is 0 Å². The average Bonchev–Trinajstić information content (AvgIpc) is 2.81. The molecule has 1 aromatic heterocycles. The highest BCUT2D eigenvalue weighted by molar-refractivity contribution is 5.92. The molecular weight excluding hydrogens is 226 g/mol. The second kappa shape index (κ2) is 4.05. The minimum absolute atomic E-state index is 0.164. The second-order valence-corrected chi connectivity index (χ2v) is 3.21. The zero-order valence-electron chi connectivity index (χ0n) is 8.48. The Morgan fingerprint density at radius 1 is 1.47 bits per heavy atom. The van der Waals surface area contributed by atoms with E-state index in [0.717, 1.165) is 6.07 Å². The molecule has 0 fully saturated rings. The third-order valence-corrected chi connectivity index (χ3v) is 2.17. The summed E-state index contributed by atoms with van der Waals surface area (Å²) in [5, 5.41) is 23.5. The first-order valence-corrected chi connectivity index (χ1v) is 4.61. The van der Waals surface area contributed by atoms with Crippen molar-refractivity contribution in [2.75, 3.05) is 0 Å². The van der Waals surface area contributed by atoms with Gasteiger partial charge in [0, 0.05) is 24.5 Å². The summed E-state index contributed by atoms with van der Waals surface area (Å²) in [5.41, 5.74) is -0.144. The summed E-state index contributed by atoms with van der Waals surface area (Å²) < 4.78 is 1.34. The van der Waals surface area contributed by atoms with Crippen LogP contribution in [0.25, 0.3) is 5.69 Å². The molecule has 2 aromatic rings. The summed E-state index contributed by atoms with van der Waals surface area (Å²) in [6.07, 6.45) is 3.06. The van der Waals surface area contributed by atoms with E-state index in [9.17, 15) is 14.9 Å². The normalized spacial score (nSPS) is 10.1. The maximum atomic E-state index is 11.0. The number of carboxylic acid groups (broad SMARTS) is 1. The minimum Gasteiger partial charge on any atom is -0.478 e. The largest absolute Gasteiger partial charge is 0.478 e. The monoisotopic (exact) mass is 233 g/mol. The molecule has 1 heterocycles. The molecule has 0 atom stereocenters. The number of hydrogen-bond acceptors (Lipinski definition) is 4. The van der Waals surface area contributed by atoms with Gasteiger partial charge in [-0.2, -0.15) is 5.10 Å². The Morgan fingerprint density at radius 3 is 2.76 bits per heavy atom. The van der Waals surface area contributed by atoms with Crippen LogP contribution in [0.3, 0.4) is 0 Å². The molecule has 0 radical (unpaired) electrons. The van der Waals surface area contributed by atoms with Crippen LogP contribution >= 0.6 is 0 Å². The lowest BCUT2D eigenvalue weighted by atomic mass is 10.1. The van der Waals surface area contributed by atoms with Gasteiger partial charge in [-0.15, -0.1) is 0 Å². The summed E-state index contributed by atoms with van der Waals surface area (Å²) in [7, 11) is 0. The predicted octanol–water partition coefficient (Wildman–Crippen LogP) is 1.48. The van der Waals surface area contributed by atoms with Crippen molar-refractivity contribution in [2.24, 2.45) is 0 Å². The highest BCUT2D eigenvalue weighted by Crippen LogP contribution is 2.20. The molecule has 0 unspecified atom stereocenters. The van der Waals surface area contributed by atoms with E-state index in [1.807, 2.05) is 0 Å². The van der Waals surface area contributed by atoms with Gasteiger partial charge in [0.05, 0.1) is 16.2 Å². The molecule has 0 aliphatic carbocycles. The van der Waals surface area contributed by atoms with Crippen molar-refractivity contribution in [3.8, 4) is 5.69 Å². The number of aromatic nitrogens is 2. The molecule has 0 spiro atoms. The summed E-state index contributed by atoms with van der Waals surface area (Å²) >= 11 is 0. The Balaban J connectivity index is 2.61. The van der Waals surface area contributed by atoms with E-state index in [-0.39, 0.29) is 16.9 Å². The number of benzene rings is 1. The van der Waals surface area contributed by atoms with Crippen molar-refractivity contribution in [3.05, 3.63) is 52.3 Å². The van der Waals surface area contributed by atoms with Gasteiger partial charge in [-0.3, -0.25) is 10.1 Å². The summed E-state index contributed by atoms with van der Waals surface area (Å²) in [4.78, 5) is 21.0. The fourth-order valence-electron chi connectivity index (χ4n) is 1.42. The van der Waals surface area contributed by atoms with Crippen LogP contribution in [0.5, 0.6) is 0 Å². The molecule has 7 heteroatoms. The van der Waals surface area contributed by atoms with Crippen molar-refractivity contribution < 1.29 is 14.8 Å². The molecule has 2 rings (SSSR count). The van der Waals surface area contributed by atoms with Gasteiger partial charge >= 0.3 is 5.97 Å². The van der Waals surface area contributed by atoms with Crippen molar-refractivity contribution in [2.45, 2.75) is 0 Å². The number of non-ortho nitro benzene ring substituents is 1. The highest BCUT2D eigenvalue weighted by atomic mass is 16.6. The zero-order valence-corrected chi connectivity index (χ0v) is 8.48. The molecule has 86 valence electrons. The fourth-order valence-corrected chi connectivity index (χ4v) is 1.42. The molecule has 0 bridgehead atoms. The summed E-state index contributed by atoms with van der Waals surface area (Å²) in [5.74, 6) is -1.24. The average molecular weight is 233 g/mol. The van der Waals surface area contributed by atoms with Crippen LogP contribution in [0.4, 0.5) is 5.69 Å². The minimum atomic E-state index is -1.24. The van der Waals surface area contributed by atoms with Gasteiger partial charge in [0.25, 0.3) is 5.69 Å². The number of nitro benzene ring substituents is 1. The maximum Gasteiger partial charge on any atom is 0.338 e. The second-order valence-electron chi connectivity index (χ2n) is 3.21. The molecule has 7 nitrogen and oxygen atoms in total. The van der Waals surface area contributed by atoms with Crippen molar-refractivity contribution in [1.29, 1.82) is 0 Å². The molecule has 0 aliphatic rings. The van der Waals surface area contributed by atoms with Crippen molar-refractivity contribution in [1.82, 2.24) is 9.78 Å². The summed E-state index contributed by atoms with van der Waals surface area (Å²) in [6, 6.07) is 5.24. The van der Waals surface area contributed by atoms with Crippen molar-refractivity contribution in [3.63, 3.8) is 0 Å². The van der Waals surface area contributed by atoms with E-state index in [2.05, 4.69) is 5.10 Å². The van der Waals surface area contributed by atoms with Gasteiger partial charge in [0.2, 0.25) is 0 Å². The molecule has 0 saturated heterocycles. The summed E-state index contributed by atoms with van der Waals surface area (Å²) in [6.45, 7) is 0. The van der Waals surface area contributed by atoms with Gasteiger partial charge in [-0.25, -0.2) is 9.48 Å². The number of hydrogen-bond donors (Lipinski definition) is 1. The lowest BCUT2D eigenvalue weighted by Crippen LogP contribution is -2.06. The quantitative estimate of drug-likeness (QED) is 0.639. The SMILES string of the molecule is O=C(O)c1cc([N+](=O)[O-])ccc1-n1cccn1. The van der Waals surface area contributed by atoms with Gasteiger partial charge in [-0.1, -0.05) is 0 Å². The van der Waals surface area contributed by atoms with Crippen LogP contribution < -0.4 is 0 Å². The molecule has 0 aliphatic heterocycles. The zero-order chi connectivity index (χ0) is 12.4. The van der Waals surface area contributed by atoms with Gasteiger partial charge in [-0.05, 0) is 12.1 Å². The molecule has 17 heavy (non-hydrogen) atoms. The van der Waals surface area contributed by atoms with E-state index in [0.29, 0.717) is 0 Å². The van der Waals surface area contributed by atoms with Gasteiger partial charge in [0.15, 0.2) is 0 Å². The Kier molecular flexibility index (Phi) is 2.57. The standard InChI is InChI=1S/C10H7N3O4/c14-10(15)8-6-7(13(16)17)2-3-9(8)12-5-1-4-11-12/h1-6H,(H,14,15). The third-order valence-electron chi connectivity index (χ3n) is 2.17. The number of nitro groups is 1. The fraction of sp³-hybridized carbons (Fsp3) is 0. The van der Waals surface area contributed by atoms with E-state index in [1.165, 1.54) is 23.0 Å². The first-order chi connectivity index (χ1) is 8.09. The molecule has 0 amide bonds. The lowest BCUT2D eigenvalue weighted by Gasteiger charge is -2.05. The Bertz CT molecular complexity index is 577. The Morgan fingerprint density at radius 2 is 2.24 bits per heavy atom. The number of nitrogens with zero attached hydrogens (tertiary/aromatic N) is 3. The number of rotatable bonds is 3. The van der Waals surface area contributed by atoms with E-state index < -0.39 is 10.9 Å². The predicted molar refractivity (Wildman–Crippen MR) is 57.2 cm³/mol. The van der Waals surface area contributed by atoms with E-state index in [4.69, 9.17) is 5.11 Å². The Hall–Kier alpha value is -2.70. The first kappa shape index (κ1) is 10.8. The first-order valence-electron chi connectivity index (χ1n) is 4.61. The van der Waals surface area contributed by atoms with E-state index >= 15 is 0 Å². The Labute approximate surface area is 95.1 Å².